The number of nitrogens with zero attached hydrogens (tertiary/aromatic N) is 2. The van der Waals surface area contributed by atoms with Gasteiger partial charge in [-0.05, 0) is 73.5 Å². The number of benzene rings is 3. The van der Waals surface area contributed by atoms with Crippen molar-refractivity contribution in [1.82, 2.24) is 10.2 Å². The van der Waals surface area contributed by atoms with Crippen molar-refractivity contribution in [3.8, 4) is 0 Å². The van der Waals surface area contributed by atoms with Crippen LogP contribution in [0.3, 0.4) is 0 Å². The molecule has 0 aromatic heterocycles. The van der Waals surface area contributed by atoms with Crippen LogP contribution in [0.15, 0.2) is 71.6 Å². The maximum atomic E-state index is 13.9. The van der Waals surface area contributed by atoms with Crippen molar-refractivity contribution in [3.05, 3.63) is 92.4 Å². The van der Waals surface area contributed by atoms with Crippen LogP contribution in [-0.4, -0.2) is 44.3 Å². The Kier molecular flexibility index (Phi) is 10.9. The summed E-state index contributed by atoms with van der Waals surface area (Å²) in [5.41, 5.74) is 0.720. The van der Waals surface area contributed by atoms with Crippen LogP contribution in [0.2, 0.25) is 20.1 Å². The third-order valence-electron chi connectivity index (χ3n) is 5.85. The van der Waals surface area contributed by atoms with Crippen LogP contribution >= 0.6 is 46.4 Å². The van der Waals surface area contributed by atoms with Crippen molar-refractivity contribution in [2.45, 2.75) is 37.8 Å². The summed E-state index contributed by atoms with van der Waals surface area (Å²) in [7, 11) is -4.24. The summed E-state index contributed by atoms with van der Waals surface area (Å²) in [6.45, 7) is 3.24. The van der Waals surface area contributed by atoms with E-state index in [1.807, 2.05) is 6.92 Å². The van der Waals surface area contributed by atoms with Crippen molar-refractivity contribution >= 4 is 73.9 Å². The molecule has 3 aromatic rings. The van der Waals surface area contributed by atoms with Crippen molar-refractivity contribution in [3.63, 3.8) is 0 Å². The molecule has 0 radical (unpaired) electrons. The summed E-state index contributed by atoms with van der Waals surface area (Å²) >= 11 is 24.5. The van der Waals surface area contributed by atoms with Gasteiger partial charge in [-0.25, -0.2) is 8.42 Å². The smallest absolute Gasteiger partial charge is 0.264 e. The van der Waals surface area contributed by atoms with Crippen LogP contribution in [-0.2, 0) is 26.2 Å². The fourth-order valence-electron chi connectivity index (χ4n) is 3.71. The minimum Gasteiger partial charge on any atom is -0.354 e. The van der Waals surface area contributed by atoms with E-state index in [0.717, 1.165) is 4.31 Å². The van der Waals surface area contributed by atoms with Crippen molar-refractivity contribution in [2.75, 3.05) is 17.4 Å². The molecule has 1 atom stereocenters. The average molecular weight is 631 g/mol. The zero-order chi connectivity index (χ0) is 28.7. The molecule has 3 aromatic carbocycles. The number of sulfonamides is 1. The molecule has 1 N–H and O–H groups in total. The standard InChI is InChI=1S/C27H27Cl4N3O4S/c1-3-13-32-27(36)18(2)33(16-19-7-8-22(30)15-25(19)31)26(35)17-34(23-6-4-5-21(29)14-23)39(37,38)24-11-9-20(28)10-12-24/h4-12,14-15,18H,3,13,16-17H2,1-2H3,(H,32,36)/t18-/m1/s1. The fraction of sp³-hybridized carbons (Fsp3) is 0.259. The van der Waals surface area contributed by atoms with Crippen molar-refractivity contribution < 1.29 is 18.0 Å². The second kappa shape index (κ2) is 13.7. The summed E-state index contributed by atoms with van der Waals surface area (Å²) in [5, 5.41) is 4.15. The summed E-state index contributed by atoms with van der Waals surface area (Å²) in [5.74, 6) is -1.01. The van der Waals surface area contributed by atoms with Gasteiger partial charge in [0.2, 0.25) is 11.8 Å². The monoisotopic (exact) mass is 629 g/mol. The van der Waals surface area contributed by atoms with Crippen molar-refractivity contribution in [2.24, 2.45) is 0 Å². The van der Waals surface area contributed by atoms with Gasteiger partial charge in [0.1, 0.15) is 12.6 Å². The molecule has 208 valence electrons. The first kappa shape index (κ1) is 31.0. The molecule has 3 rings (SSSR count). The van der Waals surface area contributed by atoms with Crippen LogP contribution in [0.5, 0.6) is 0 Å². The van der Waals surface area contributed by atoms with Crippen LogP contribution in [0.4, 0.5) is 5.69 Å². The minimum absolute atomic E-state index is 0.0556. The highest BCUT2D eigenvalue weighted by atomic mass is 35.5. The molecule has 2 amide bonds. The molecule has 0 aliphatic carbocycles. The zero-order valence-corrected chi connectivity index (χ0v) is 25.0. The predicted molar refractivity (Wildman–Crippen MR) is 157 cm³/mol. The lowest BCUT2D eigenvalue weighted by Crippen LogP contribution is -2.51. The van der Waals surface area contributed by atoms with E-state index in [0.29, 0.717) is 33.6 Å². The van der Waals surface area contributed by atoms with Gasteiger partial charge in [-0.2, -0.15) is 0 Å². The Morgan fingerprint density at radius 2 is 1.54 bits per heavy atom. The summed E-state index contributed by atoms with van der Waals surface area (Å²) in [6.07, 6.45) is 0.706. The number of amides is 2. The lowest BCUT2D eigenvalue weighted by Gasteiger charge is -2.32. The van der Waals surface area contributed by atoms with E-state index in [4.69, 9.17) is 46.4 Å². The van der Waals surface area contributed by atoms with Gasteiger partial charge < -0.3 is 10.2 Å². The van der Waals surface area contributed by atoms with Gasteiger partial charge >= 0.3 is 0 Å². The molecule has 0 bridgehead atoms. The first-order chi connectivity index (χ1) is 18.4. The van der Waals surface area contributed by atoms with E-state index >= 15 is 0 Å². The van der Waals surface area contributed by atoms with Gasteiger partial charge in [-0.15, -0.1) is 0 Å². The maximum Gasteiger partial charge on any atom is 0.264 e. The van der Waals surface area contributed by atoms with Gasteiger partial charge in [0.15, 0.2) is 0 Å². The molecule has 0 heterocycles. The van der Waals surface area contributed by atoms with Gasteiger partial charge in [-0.1, -0.05) is 65.5 Å². The SMILES string of the molecule is CCCNC(=O)[C@@H](C)N(Cc1ccc(Cl)cc1Cl)C(=O)CN(c1cccc(Cl)c1)S(=O)(=O)c1ccc(Cl)cc1. The van der Waals surface area contributed by atoms with Crippen LogP contribution in [0.25, 0.3) is 0 Å². The van der Waals surface area contributed by atoms with E-state index in [-0.39, 0.29) is 28.1 Å². The van der Waals surface area contributed by atoms with Crippen LogP contribution < -0.4 is 9.62 Å². The maximum absolute atomic E-state index is 13.9. The van der Waals surface area contributed by atoms with Gasteiger partial charge in [-0.3, -0.25) is 13.9 Å². The number of hydrogen-bond acceptors (Lipinski definition) is 4. The Morgan fingerprint density at radius 3 is 2.15 bits per heavy atom. The van der Waals surface area contributed by atoms with Crippen molar-refractivity contribution in [1.29, 1.82) is 0 Å². The number of halogens is 4. The molecule has 0 fully saturated rings. The molecule has 0 saturated carbocycles. The third kappa shape index (κ3) is 8.02. The molecular weight excluding hydrogens is 604 g/mol. The largest absolute Gasteiger partial charge is 0.354 e. The zero-order valence-electron chi connectivity index (χ0n) is 21.2. The Hall–Kier alpha value is -2.49. The molecule has 0 spiro atoms. The third-order valence-corrected chi connectivity index (χ3v) is 8.71. The number of nitrogens with one attached hydrogen (secondary N) is 1. The molecule has 0 aliphatic rings. The van der Waals surface area contributed by atoms with Gasteiger partial charge in [0.25, 0.3) is 10.0 Å². The second-order valence-corrected chi connectivity index (χ2v) is 12.2. The fourth-order valence-corrected chi connectivity index (χ4v) is 5.89. The number of anilines is 1. The minimum atomic E-state index is -4.24. The lowest BCUT2D eigenvalue weighted by molar-refractivity contribution is -0.139. The Morgan fingerprint density at radius 1 is 0.897 bits per heavy atom. The lowest BCUT2D eigenvalue weighted by atomic mass is 10.1. The van der Waals surface area contributed by atoms with Crippen LogP contribution in [0, 0.1) is 0 Å². The first-order valence-corrected chi connectivity index (χ1v) is 14.9. The average Bonchev–Trinajstić information content (AvgIpc) is 2.89. The number of rotatable bonds is 11. The van der Waals surface area contributed by atoms with E-state index in [1.165, 1.54) is 47.4 Å². The van der Waals surface area contributed by atoms with Gasteiger partial charge in [0, 0.05) is 33.2 Å². The molecule has 0 unspecified atom stereocenters. The highest BCUT2D eigenvalue weighted by molar-refractivity contribution is 7.92. The molecule has 0 saturated heterocycles. The number of carbonyl (C=O) groups excluding carboxylic acids is 2. The van der Waals surface area contributed by atoms with Crippen LogP contribution in [0.1, 0.15) is 25.8 Å². The molecule has 12 heteroatoms. The van der Waals surface area contributed by atoms with E-state index in [2.05, 4.69) is 5.32 Å². The summed E-state index contributed by atoms with van der Waals surface area (Å²) in [6, 6.07) is 15.6. The topological polar surface area (TPSA) is 86.8 Å². The second-order valence-electron chi connectivity index (χ2n) is 8.67. The quantitative estimate of drug-likeness (QED) is 0.264. The molecule has 7 nitrogen and oxygen atoms in total. The molecular formula is C27H27Cl4N3O4S. The Bertz CT molecular complexity index is 1440. The first-order valence-electron chi connectivity index (χ1n) is 12.0. The predicted octanol–water partition coefficient (Wildman–Crippen LogP) is 6.44. The Balaban J connectivity index is 2.04. The van der Waals surface area contributed by atoms with E-state index in [1.54, 1.807) is 31.2 Å². The summed E-state index contributed by atoms with van der Waals surface area (Å²) < 4.78 is 28.5. The van der Waals surface area contributed by atoms with E-state index < -0.39 is 28.5 Å². The number of carbonyl (C=O) groups is 2. The highest BCUT2D eigenvalue weighted by Crippen LogP contribution is 2.28. The highest BCUT2D eigenvalue weighted by Gasteiger charge is 2.32. The molecule has 39 heavy (non-hydrogen) atoms. The molecule has 0 aliphatic heterocycles. The van der Waals surface area contributed by atoms with E-state index in [9.17, 15) is 18.0 Å². The van der Waals surface area contributed by atoms with Gasteiger partial charge in [0.05, 0.1) is 10.6 Å². The number of hydrogen-bond donors (Lipinski definition) is 1. The normalized spacial score (nSPS) is 12.1. The Labute approximate surface area is 248 Å². The summed E-state index contributed by atoms with van der Waals surface area (Å²) in [4.78, 5) is 28.0.